The molecule has 6 nitrogen and oxygen atoms in total. The molecule has 0 atom stereocenters. The van der Waals surface area contributed by atoms with E-state index in [2.05, 4.69) is 15.6 Å². The molecule has 0 aliphatic rings. The molecular formula is C18H16N4O2S. The number of benzene rings is 1. The second kappa shape index (κ2) is 6.18. The van der Waals surface area contributed by atoms with Gasteiger partial charge in [-0.2, -0.15) is 5.10 Å². The molecule has 0 spiro atoms. The van der Waals surface area contributed by atoms with Crippen LogP contribution in [0.2, 0.25) is 0 Å². The lowest BCUT2D eigenvalue weighted by Crippen LogP contribution is -2.21. The van der Waals surface area contributed by atoms with Crippen LogP contribution in [0.4, 0.5) is 0 Å². The summed E-state index contributed by atoms with van der Waals surface area (Å²) in [5.74, 6) is 0.602. The molecule has 1 aromatic carbocycles. The summed E-state index contributed by atoms with van der Waals surface area (Å²) < 4.78 is 6.89. The summed E-state index contributed by atoms with van der Waals surface area (Å²) in [6.07, 6.45) is 0. The molecule has 1 N–H and O–H groups in total. The Labute approximate surface area is 148 Å². The molecule has 25 heavy (non-hydrogen) atoms. The fraction of sp³-hybridized carbons (Fsp3) is 0.167. The Balaban J connectivity index is 1.61. The molecular weight excluding hydrogens is 336 g/mol. The molecule has 0 aliphatic carbocycles. The Morgan fingerprint density at radius 2 is 2.04 bits per heavy atom. The molecule has 0 saturated heterocycles. The second-order valence-electron chi connectivity index (χ2n) is 5.77. The first-order chi connectivity index (χ1) is 12.1. The van der Waals surface area contributed by atoms with Crippen LogP contribution in [-0.4, -0.2) is 20.8 Å². The van der Waals surface area contributed by atoms with Gasteiger partial charge in [-0.05, 0) is 32.0 Å². The Morgan fingerprint density at radius 1 is 1.24 bits per heavy atom. The first kappa shape index (κ1) is 15.6. The topological polar surface area (TPSA) is 73.0 Å². The number of hydrogen-bond acceptors (Lipinski definition) is 5. The lowest BCUT2D eigenvalue weighted by atomic mass is 10.3. The predicted molar refractivity (Wildman–Crippen MR) is 96.1 cm³/mol. The lowest BCUT2D eigenvalue weighted by molar-refractivity contribution is 0.0954. The van der Waals surface area contributed by atoms with E-state index in [0.717, 1.165) is 27.4 Å². The van der Waals surface area contributed by atoms with Gasteiger partial charge >= 0.3 is 0 Å². The van der Waals surface area contributed by atoms with Gasteiger partial charge in [0.1, 0.15) is 16.3 Å². The van der Waals surface area contributed by atoms with Gasteiger partial charge in [-0.25, -0.2) is 4.68 Å². The van der Waals surface area contributed by atoms with Crippen molar-refractivity contribution in [2.45, 2.75) is 20.4 Å². The third-order valence-electron chi connectivity index (χ3n) is 3.88. The zero-order chi connectivity index (χ0) is 17.4. The first-order valence-electron chi connectivity index (χ1n) is 7.87. The SMILES string of the molecule is Cc1cc(CNC(=O)c2cc3c(C)nn(-c4ccccc4)c3s2)no1. The minimum Gasteiger partial charge on any atom is -0.361 e. The summed E-state index contributed by atoms with van der Waals surface area (Å²) in [5.41, 5.74) is 2.59. The van der Waals surface area contributed by atoms with E-state index >= 15 is 0 Å². The maximum Gasteiger partial charge on any atom is 0.261 e. The number of thiophene rings is 1. The maximum atomic E-state index is 12.5. The minimum absolute atomic E-state index is 0.124. The van der Waals surface area contributed by atoms with Gasteiger partial charge in [-0.15, -0.1) is 11.3 Å². The van der Waals surface area contributed by atoms with Crippen LogP contribution >= 0.6 is 11.3 Å². The van der Waals surface area contributed by atoms with Crippen LogP contribution in [0.3, 0.4) is 0 Å². The van der Waals surface area contributed by atoms with Crippen molar-refractivity contribution < 1.29 is 9.32 Å². The van der Waals surface area contributed by atoms with Crippen molar-refractivity contribution in [3.63, 3.8) is 0 Å². The molecule has 4 rings (SSSR count). The van der Waals surface area contributed by atoms with Crippen LogP contribution in [0.15, 0.2) is 47.0 Å². The van der Waals surface area contributed by atoms with E-state index < -0.39 is 0 Å². The van der Waals surface area contributed by atoms with Gasteiger partial charge in [0.25, 0.3) is 5.91 Å². The summed E-state index contributed by atoms with van der Waals surface area (Å²) in [6, 6.07) is 13.6. The number of hydrogen-bond donors (Lipinski definition) is 1. The van der Waals surface area contributed by atoms with Crippen LogP contribution in [0.25, 0.3) is 15.9 Å². The molecule has 7 heteroatoms. The number of aromatic nitrogens is 3. The highest BCUT2D eigenvalue weighted by Gasteiger charge is 2.17. The van der Waals surface area contributed by atoms with Crippen LogP contribution in [0.5, 0.6) is 0 Å². The summed E-state index contributed by atoms with van der Waals surface area (Å²) >= 11 is 1.43. The van der Waals surface area contributed by atoms with Crippen molar-refractivity contribution in [3.05, 3.63) is 64.5 Å². The third-order valence-corrected chi connectivity index (χ3v) is 4.99. The van der Waals surface area contributed by atoms with Crippen LogP contribution in [0, 0.1) is 13.8 Å². The lowest BCUT2D eigenvalue weighted by Gasteiger charge is -2.02. The van der Waals surface area contributed by atoms with Crippen molar-refractivity contribution in [2.75, 3.05) is 0 Å². The van der Waals surface area contributed by atoms with Crippen molar-refractivity contribution >= 4 is 27.5 Å². The summed E-state index contributed by atoms with van der Waals surface area (Å²) in [4.78, 5) is 14.1. The molecule has 1 amide bonds. The molecule has 0 saturated carbocycles. The van der Waals surface area contributed by atoms with Gasteiger partial charge in [0, 0.05) is 11.5 Å². The monoisotopic (exact) mass is 352 g/mol. The van der Waals surface area contributed by atoms with Gasteiger partial charge in [0.2, 0.25) is 0 Å². The van der Waals surface area contributed by atoms with E-state index in [9.17, 15) is 4.79 Å². The van der Waals surface area contributed by atoms with Gasteiger partial charge < -0.3 is 9.84 Å². The van der Waals surface area contributed by atoms with Crippen molar-refractivity contribution in [1.82, 2.24) is 20.3 Å². The average Bonchev–Trinajstić information content (AvgIpc) is 3.30. The standard InChI is InChI=1S/C18H16N4O2S/c1-11-8-13(21-24-11)10-19-17(23)16-9-15-12(2)20-22(18(15)25-16)14-6-4-3-5-7-14/h3-9H,10H2,1-2H3,(H,19,23). The molecule has 0 radical (unpaired) electrons. The molecule has 4 aromatic rings. The van der Waals surface area contributed by atoms with Crippen molar-refractivity contribution in [1.29, 1.82) is 0 Å². The molecule has 3 aromatic heterocycles. The number of nitrogens with zero attached hydrogens (tertiary/aromatic N) is 3. The highest BCUT2D eigenvalue weighted by molar-refractivity contribution is 7.20. The molecule has 0 unspecified atom stereocenters. The van der Waals surface area contributed by atoms with Gasteiger partial charge in [0.15, 0.2) is 0 Å². The molecule has 0 bridgehead atoms. The minimum atomic E-state index is -0.124. The van der Waals surface area contributed by atoms with Gasteiger partial charge in [-0.1, -0.05) is 23.4 Å². The molecule has 3 heterocycles. The highest BCUT2D eigenvalue weighted by atomic mass is 32.1. The molecule has 0 aliphatic heterocycles. The third kappa shape index (κ3) is 2.94. The Morgan fingerprint density at radius 3 is 2.76 bits per heavy atom. The molecule has 126 valence electrons. The maximum absolute atomic E-state index is 12.5. The normalized spacial score (nSPS) is 11.1. The number of fused-ring (bicyclic) bond motifs is 1. The summed E-state index contributed by atoms with van der Waals surface area (Å²) in [7, 11) is 0. The number of amides is 1. The number of nitrogens with one attached hydrogen (secondary N) is 1. The van der Waals surface area contributed by atoms with Crippen LogP contribution in [-0.2, 0) is 6.54 Å². The van der Waals surface area contributed by atoms with Gasteiger partial charge in [0.05, 0.1) is 22.8 Å². The Bertz CT molecular complexity index is 1050. The van der Waals surface area contributed by atoms with E-state index in [1.165, 1.54) is 11.3 Å². The van der Waals surface area contributed by atoms with E-state index in [-0.39, 0.29) is 5.91 Å². The quantitative estimate of drug-likeness (QED) is 0.609. The number of aryl methyl sites for hydroxylation is 2. The molecule has 0 fully saturated rings. The van der Waals surface area contributed by atoms with E-state index in [4.69, 9.17) is 4.52 Å². The zero-order valence-electron chi connectivity index (χ0n) is 13.8. The summed E-state index contributed by atoms with van der Waals surface area (Å²) in [5, 5.41) is 12.3. The van der Waals surface area contributed by atoms with Crippen molar-refractivity contribution in [3.8, 4) is 5.69 Å². The fourth-order valence-electron chi connectivity index (χ4n) is 2.66. The van der Waals surface area contributed by atoms with Gasteiger partial charge in [-0.3, -0.25) is 4.79 Å². The van der Waals surface area contributed by atoms with Crippen LogP contribution < -0.4 is 5.32 Å². The van der Waals surface area contributed by atoms with Crippen LogP contribution in [0.1, 0.15) is 26.8 Å². The first-order valence-corrected chi connectivity index (χ1v) is 8.68. The fourth-order valence-corrected chi connectivity index (χ4v) is 3.76. The highest BCUT2D eigenvalue weighted by Crippen LogP contribution is 2.30. The predicted octanol–water partition coefficient (Wildman–Crippen LogP) is 3.62. The summed E-state index contributed by atoms with van der Waals surface area (Å²) in [6.45, 7) is 4.12. The van der Waals surface area contributed by atoms with E-state index in [1.807, 2.05) is 61.0 Å². The zero-order valence-corrected chi connectivity index (χ0v) is 14.6. The van der Waals surface area contributed by atoms with E-state index in [0.29, 0.717) is 17.1 Å². The second-order valence-corrected chi connectivity index (χ2v) is 6.80. The number of carbonyl (C=O) groups is 1. The number of carbonyl (C=O) groups excluding carboxylic acids is 1. The largest absolute Gasteiger partial charge is 0.361 e. The van der Waals surface area contributed by atoms with E-state index in [1.54, 1.807) is 0 Å². The van der Waals surface area contributed by atoms with Crippen molar-refractivity contribution in [2.24, 2.45) is 0 Å². The smallest absolute Gasteiger partial charge is 0.261 e. The Hall–Kier alpha value is -2.93. The average molecular weight is 352 g/mol. The number of rotatable bonds is 4. The Kier molecular flexibility index (Phi) is 3.85. The number of para-hydroxylation sites is 1.